The number of benzene rings is 3. The second kappa shape index (κ2) is 10.1. The molecule has 0 atom stereocenters. The average Bonchev–Trinajstić information content (AvgIpc) is 3.16. The maximum atomic E-state index is 13.4. The van der Waals surface area contributed by atoms with E-state index in [4.69, 9.17) is 16.3 Å². The van der Waals surface area contributed by atoms with Crippen LogP contribution in [0.5, 0.6) is 5.75 Å². The number of nitrogens with zero attached hydrogens (tertiary/aromatic N) is 3. The van der Waals surface area contributed by atoms with Crippen molar-refractivity contribution < 1.29 is 18.8 Å². The van der Waals surface area contributed by atoms with Gasteiger partial charge in [-0.2, -0.15) is 5.10 Å². The summed E-state index contributed by atoms with van der Waals surface area (Å²) in [5.41, 5.74) is 1.79. The lowest BCUT2D eigenvalue weighted by molar-refractivity contribution is -0.384. The number of amides is 1. The summed E-state index contributed by atoms with van der Waals surface area (Å²) in [5.74, 6) is -0.0940. The van der Waals surface area contributed by atoms with E-state index in [1.165, 1.54) is 41.1 Å². The number of hydrogen-bond acceptors (Lipinski definition) is 5. The Kier molecular flexibility index (Phi) is 6.84. The van der Waals surface area contributed by atoms with Crippen molar-refractivity contribution in [2.75, 3.05) is 5.32 Å². The average molecular weight is 481 g/mol. The molecule has 4 aromatic rings. The van der Waals surface area contributed by atoms with Gasteiger partial charge in [-0.05, 0) is 47.5 Å². The molecular formula is C24H18ClFN4O4. The maximum absolute atomic E-state index is 13.4. The van der Waals surface area contributed by atoms with E-state index in [1.54, 1.807) is 42.6 Å². The minimum atomic E-state index is -0.483. The van der Waals surface area contributed by atoms with Gasteiger partial charge in [0, 0.05) is 23.9 Å². The number of hydrogen-bond donors (Lipinski definition) is 1. The standard InChI is InChI=1S/C24H18ClFN4O4/c25-22-14-29(13-16-3-2-6-19(26)12-16)28-23(22)27-24(31)18-5-1-4-17(11-18)15-34-21-9-7-20(8-10-21)30(32)33/h1-12,14H,13,15H2,(H,27,28,31). The Morgan fingerprint density at radius 2 is 1.82 bits per heavy atom. The molecule has 3 aromatic carbocycles. The van der Waals surface area contributed by atoms with Crippen molar-refractivity contribution in [2.24, 2.45) is 0 Å². The van der Waals surface area contributed by atoms with Gasteiger partial charge < -0.3 is 10.1 Å². The molecule has 0 bridgehead atoms. The zero-order valence-electron chi connectivity index (χ0n) is 17.7. The van der Waals surface area contributed by atoms with Gasteiger partial charge >= 0.3 is 0 Å². The summed E-state index contributed by atoms with van der Waals surface area (Å²) in [4.78, 5) is 23.0. The highest BCUT2D eigenvalue weighted by molar-refractivity contribution is 6.33. The fourth-order valence-corrected chi connectivity index (χ4v) is 3.40. The second-order valence-electron chi connectivity index (χ2n) is 7.35. The molecule has 0 saturated heterocycles. The molecule has 8 nitrogen and oxygen atoms in total. The lowest BCUT2D eigenvalue weighted by atomic mass is 10.1. The molecule has 0 saturated carbocycles. The van der Waals surface area contributed by atoms with Crippen LogP contribution < -0.4 is 10.1 Å². The van der Waals surface area contributed by atoms with Gasteiger partial charge in [-0.15, -0.1) is 0 Å². The predicted octanol–water partition coefficient (Wildman–Crippen LogP) is 5.46. The molecule has 10 heteroatoms. The monoisotopic (exact) mass is 480 g/mol. The largest absolute Gasteiger partial charge is 0.489 e. The van der Waals surface area contributed by atoms with Crippen LogP contribution in [-0.4, -0.2) is 20.6 Å². The Labute approximate surface area is 198 Å². The number of nitro groups is 1. The Morgan fingerprint density at radius 3 is 2.56 bits per heavy atom. The number of nitro benzene ring substituents is 1. The molecule has 1 aromatic heterocycles. The van der Waals surface area contributed by atoms with Crippen molar-refractivity contribution in [1.29, 1.82) is 0 Å². The fraction of sp³-hybridized carbons (Fsp3) is 0.0833. The van der Waals surface area contributed by atoms with Crippen molar-refractivity contribution in [3.63, 3.8) is 0 Å². The molecule has 1 heterocycles. The number of nitrogens with one attached hydrogen (secondary N) is 1. The smallest absolute Gasteiger partial charge is 0.269 e. The fourth-order valence-electron chi connectivity index (χ4n) is 3.20. The van der Waals surface area contributed by atoms with Gasteiger partial charge in [-0.25, -0.2) is 4.39 Å². The van der Waals surface area contributed by atoms with Crippen LogP contribution in [0.2, 0.25) is 5.02 Å². The molecule has 0 radical (unpaired) electrons. The second-order valence-corrected chi connectivity index (χ2v) is 7.75. The number of non-ortho nitro benzene ring substituents is 1. The van der Waals surface area contributed by atoms with Gasteiger partial charge in [0.15, 0.2) is 5.82 Å². The van der Waals surface area contributed by atoms with E-state index in [0.29, 0.717) is 23.4 Å². The minimum absolute atomic E-state index is 0.0250. The number of rotatable bonds is 8. The lowest BCUT2D eigenvalue weighted by Gasteiger charge is -2.08. The van der Waals surface area contributed by atoms with Gasteiger partial charge in [0.05, 0.1) is 11.5 Å². The minimum Gasteiger partial charge on any atom is -0.489 e. The van der Waals surface area contributed by atoms with Gasteiger partial charge in [0.25, 0.3) is 11.6 Å². The Balaban J connectivity index is 1.39. The third-order valence-electron chi connectivity index (χ3n) is 4.82. The molecule has 1 amide bonds. The summed E-state index contributed by atoms with van der Waals surface area (Å²) in [5, 5.41) is 17.9. The van der Waals surface area contributed by atoms with Crippen LogP contribution in [0.15, 0.2) is 79.0 Å². The quantitative estimate of drug-likeness (QED) is 0.266. The first-order chi connectivity index (χ1) is 16.4. The summed E-state index contributed by atoms with van der Waals surface area (Å²) in [6.45, 7) is 0.463. The van der Waals surface area contributed by atoms with Crippen LogP contribution in [0.3, 0.4) is 0 Å². The molecule has 172 valence electrons. The Hall–Kier alpha value is -4.24. The summed E-state index contributed by atoms with van der Waals surface area (Å²) >= 11 is 6.22. The Morgan fingerprint density at radius 1 is 1.09 bits per heavy atom. The van der Waals surface area contributed by atoms with E-state index in [0.717, 1.165) is 5.56 Å². The third-order valence-corrected chi connectivity index (χ3v) is 5.10. The number of carbonyl (C=O) groups excluding carboxylic acids is 1. The predicted molar refractivity (Wildman–Crippen MR) is 125 cm³/mol. The summed E-state index contributed by atoms with van der Waals surface area (Å²) in [6, 6.07) is 18.7. The number of anilines is 1. The molecule has 34 heavy (non-hydrogen) atoms. The first-order valence-electron chi connectivity index (χ1n) is 10.1. The molecule has 0 unspecified atom stereocenters. The maximum Gasteiger partial charge on any atom is 0.269 e. The van der Waals surface area contributed by atoms with Gasteiger partial charge in [0.2, 0.25) is 0 Å². The number of halogens is 2. The van der Waals surface area contributed by atoms with E-state index in [-0.39, 0.29) is 29.0 Å². The topological polar surface area (TPSA) is 99.3 Å². The first-order valence-corrected chi connectivity index (χ1v) is 10.5. The van der Waals surface area contributed by atoms with Crippen molar-refractivity contribution >= 4 is 29.0 Å². The van der Waals surface area contributed by atoms with E-state index >= 15 is 0 Å². The van der Waals surface area contributed by atoms with Gasteiger partial charge in [-0.1, -0.05) is 35.9 Å². The van der Waals surface area contributed by atoms with Gasteiger partial charge in [-0.3, -0.25) is 19.6 Å². The van der Waals surface area contributed by atoms with Crippen LogP contribution in [-0.2, 0) is 13.2 Å². The zero-order chi connectivity index (χ0) is 24.1. The molecule has 4 rings (SSSR count). The van der Waals surface area contributed by atoms with Crippen molar-refractivity contribution in [2.45, 2.75) is 13.2 Å². The SMILES string of the molecule is O=C(Nc1nn(Cc2cccc(F)c2)cc1Cl)c1cccc(COc2ccc([N+](=O)[O-])cc2)c1. The van der Waals surface area contributed by atoms with Gasteiger partial charge in [0.1, 0.15) is 23.2 Å². The zero-order valence-corrected chi connectivity index (χ0v) is 18.4. The highest BCUT2D eigenvalue weighted by Gasteiger charge is 2.13. The lowest BCUT2D eigenvalue weighted by Crippen LogP contribution is -2.13. The number of carbonyl (C=O) groups is 1. The van der Waals surface area contributed by atoms with Crippen LogP contribution in [0, 0.1) is 15.9 Å². The summed E-state index contributed by atoms with van der Waals surface area (Å²) in [6.07, 6.45) is 1.55. The first kappa shape index (κ1) is 22.9. The molecule has 0 spiro atoms. The molecule has 0 fully saturated rings. The van der Waals surface area contributed by atoms with Crippen LogP contribution in [0.25, 0.3) is 0 Å². The summed E-state index contributed by atoms with van der Waals surface area (Å²) < 4.78 is 20.6. The van der Waals surface area contributed by atoms with Crippen LogP contribution >= 0.6 is 11.6 Å². The normalized spacial score (nSPS) is 10.6. The van der Waals surface area contributed by atoms with E-state index < -0.39 is 10.8 Å². The van der Waals surface area contributed by atoms with Crippen molar-refractivity contribution in [1.82, 2.24) is 9.78 Å². The molecule has 0 aliphatic carbocycles. The number of ether oxygens (including phenoxy) is 1. The highest BCUT2D eigenvalue weighted by Crippen LogP contribution is 2.22. The van der Waals surface area contributed by atoms with E-state index in [1.807, 2.05) is 0 Å². The van der Waals surface area contributed by atoms with Crippen molar-refractivity contribution in [3.8, 4) is 5.75 Å². The molecule has 0 aliphatic heterocycles. The van der Waals surface area contributed by atoms with E-state index in [2.05, 4.69) is 10.4 Å². The third kappa shape index (κ3) is 5.76. The molecule has 0 aliphatic rings. The van der Waals surface area contributed by atoms with Crippen molar-refractivity contribution in [3.05, 3.63) is 117 Å². The molecular weight excluding hydrogens is 463 g/mol. The van der Waals surface area contributed by atoms with E-state index in [9.17, 15) is 19.3 Å². The van der Waals surface area contributed by atoms with Crippen LogP contribution in [0.1, 0.15) is 21.5 Å². The summed E-state index contributed by atoms with van der Waals surface area (Å²) in [7, 11) is 0. The Bertz CT molecular complexity index is 1340. The number of aromatic nitrogens is 2. The van der Waals surface area contributed by atoms with Crippen LogP contribution in [0.4, 0.5) is 15.9 Å². The highest BCUT2D eigenvalue weighted by atomic mass is 35.5. The molecule has 1 N–H and O–H groups in total.